The van der Waals surface area contributed by atoms with Crippen LogP contribution in [0.15, 0.2) is 65.7 Å². The quantitative estimate of drug-likeness (QED) is 0.440. The average molecular weight is 401 g/mol. The minimum Gasteiger partial charge on any atom is -0.361 e. The lowest BCUT2D eigenvalue weighted by Crippen LogP contribution is -2.12. The van der Waals surface area contributed by atoms with E-state index in [0.29, 0.717) is 34.5 Å². The summed E-state index contributed by atoms with van der Waals surface area (Å²) < 4.78 is 4.92. The van der Waals surface area contributed by atoms with Crippen molar-refractivity contribution in [1.29, 1.82) is 0 Å². The van der Waals surface area contributed by atoms with Crippen molar-refractivity contribution in [3.63, 3.8) is 0 Å². The molecule has 9 nitrogen and oxygen atoms in total. The van der Waals surface area contributed by atoms with Gasteiger partial charge in [0.2, 0.25) is 0 Å². The first-order chi connectivity index (χ1) is 14.6. The minimum atomic E-state index is -0.272. The third-order valence-corrected chi connectivity index (χ3v) is 4.25. The van der Waals surface area contributed by atoms with Gasteiger partial charge in [-0.25, -0.2) is 15.0 Å². The molecule has 150 valence electrons. The summed E-state index contributed by atoms with van der Waals surface area (Å²) >= 11 is 0. The second-order valence-electron chi connectivity index (χ2n) is 6.58. The molecule has 0 aliphatic rings. The van der Waals surface area contributed by atoms with Crippen LogP contribution in [0.5, 0.6) is 0 Å². The van der Waals surface area contributed by atoms with Crippen LogP contribution in [0, 0.1) is 13.8 Å². The highest BCUT2D eigenvalue weighted by Gasteiger charge is 2.12. The van der Waals surface area contributed by atoms with Crippen LogP contribution in [-0.4, -0.2) is 26.0 Å². The summed E-state index contributed by atoms with van der Waals surface area (Å²) in [5, 5.41) is 12.8. The number of hydrogen-bond donors (Lipinski definition) is 3. The topological polar surface area (TPSA) is 118 Å². The van der Waals surface area contributed by atoms with Gasteiger partial charge in [0, 0.05) is 23.6 Å². The zero-order valence-electron chi connectivity index (χ0n) is 16.4. The summed E-state index contributed by atoms with van der Waals surface area (Å²) in [7, 11) is 0. The van der Waals surface area contributed by atoms with Gasteiger partial charge in [0.25, 0.3) is 5.91 Å². The van der Waals surface area contributed by atoms with Gasteiger partial charge in [0.1, 0.15) is 35.1 Å². The fourth-order valence-electron chi connectivity index (χ4n) is 2.73. The van der Waals surface area contributed by atoms with E-state index in [9.17, 15) is 4.79 Å². The SMILES string of the molecule is Cc1ccnc(Nc2cc(Nc3ccc(NC(=O)c4cnoc4C)cc3)ncn2)c1. The van der Waals surface area contributed by atoms with Gasteiger partial charge in [-0.15, -0.1) is 0 Å². The summed E-state index contributed by atoms with van der Waals surface area (Å²) in [6.45, 7) is 3.69. The molecule has 0 spiro atoms. The van der Waals surface area contributed by atoms with Crippen LogP contribution < -0.4 is 16.0 Å². The Bertz CT molecular complexity index is 1170. The molecule has 0 fully saturated rings. The molecule has 4 aromatic rings. The zero-order valence-corrected chi connectivity index (χ0v) is 16.4. The normalized spacial score (nSPS) is 10.5. The number of rotatable bonds is 6. The minimum absolute atomic E-state index is 0.272. The number of aromatic nitrogens is 4. The van der Waals surface area contributed by atoms with Gasteiger partial charge in [-0.2, -0.15) is 0 Å². The fourth-order valence-corrected chi connectivity index (χ4v) is 2.73. The van der Waals surface area contributed by atoms with Crippen molar-refractivity contribution >= 4 is 34.7 Å². The third-order valence-electron chi connectivity index (χ3n) is 4.25. The molecule has 3 heterocycles. The molecule has 0 atom stereocenters. The molecule has 0 unspecified atom stereocenters. The van der Waals surface area contributed by atoms with Crippen LogP contribution in [0.2, 0.25) is 0 Å². The second kappa shape index (κ2) is 8.39. The van der Waals surface area contributed by atoms with Crippen LogP contribution in [0.1, 0.15) is 21.7 Å². The van der Waals surface area contributed by atoms with E-state index >= 15 is 0 Å². The van der Waals surface area contributed by atoms with Crippen LogP contribution in [0.3, 0.4) is 0 Å². The highest BCUT2D eigenvalue weighted by molar-refractivity contribution is 6.04. The van der Waals surface area contributed by atoms with Crippen molar-refractivity contribution in [3.8, 4) is 0 Å². The number of pyridine rings is 1. The van der Waals surface area contributed by atoms with Crippen molar-refractivity contribution < 1.29 is 9.32 Å². The van der Waals surface area contributed by atoms with Gasteiger partial charge < -0.3 is 20.5 Å². The lowest BCUT2D eigenvalue weighted by molar-refractivity contribution is 0.102. The molecule has 3 aromatic heterocycles. The van der Waals surface area contributed by atoms with E-state index in [1.54, 1.807) is 31.3 Å². The Labute approximate surface area is 172 Å². The van der Waals surface area contributed by atoms with E-state index in [4.69, 9.17) is 4.52 Å². The number of hydrogen-bond acceptors (Lipinski definition) is 8. The standard InChI is InChI=1S/C21H19N7O2/c1-13-7-8-22-18(9-13)28-20-10-19(23-12-24-20)26-15-3-5-16(6-4-15)27-21(29)17-11-25-30-14(17)2/h3-12H,1-2H3,(H,27,29)(H2,22,23,24,26,28). The molecule has 3 N–H and O–H groups in total. The van der Waals surface area contributed by atoms with Crippen molar-refractivity contribution in [3.05, 3.63) is 78.1 Å². The van der Waals surface area contributed by atoms with E-state index in [-0.39, 0.29) is 5.91 Å². The molecule has 0 aliphatic carbocycles. The number of nitrogens with one attached hydrogen (secondary N) is 3. The molecule has 0 radical (unpaired) electrons. The van der Waals surface area contributed by atoms with Gasteiger partial charge >= 0.3 is 0 Å². The molecule has 30 heavy (non-hydrogen) atoms. The zero-order chi connectivity index (χ0) is 20.9. The van der Waals surface area contributed by atoms with Gasteiger partial charge in [0.05, 0.1) is 6.20 Å². The van der Waals surface area contributed by atoms with Crippen molar-refractivity contribution in [1.82, 2.24) is 20.1 Å². The maximum atomic E-state index is 12.2. The highest BCUT2D eigenvalue weighted by Crippen LogP contribution is 2.21. The summed E-state index contributed by atoms with van der Waals surface area (Å²) in [5.74, 6) is 2.16. The number of nitrogens with zero attached hydrogens (tertiary/aromatic N) is 4. The molecular weight excluding hydrogens is 382 g/mol. The number of anilines is 5. The van der Waals surface area contributed by atoms with Crippen molar-refractivity contribution in [2.24, 2.45) is 0 Å². The summed E-state index contributed by atoms with van der Waals surface area (Å²) in [4.78, 5) is 25.0. The number of carbonyl (C=O) groups is 1. The lowest BCUT2D eigenvalue weighted by atomic mass is 10.2. The Hall–Kier alpha value is -4.27. The smallest absolute Gasteiger partial charge is 0.260 e. The van der Waals surface area contributed by atoms with Gasteiger partial charge in [-0.3, -0.25) is 4.79 Å². The molecule has 1 amide bonds. The largest absolute Gasteiger partial charge is 0.361 e. The van der Waals surface area contributed by atoms with E-state index in [2.05, 4.69) is 36.1 Å². The van der Waals surface area contributed by atoms with E-state index in [0.717, 1.165) is 11.3 Å². The predicted octanol–water partition coefficient (Wildman–Crippen LogP) is 4.22. The molecule has 0 aliphatic heterocycles. The number of benzene rings is 1. The van der Waals surface area contributed by atoms with Gasteiger partial charge in [-0.1, -0.05) is 5.16 Å². The maximum absolute atomic E-state index is 12.2. The maximum Gasteiger partial charge on any atom is 0.260 e. The first kappa shape index (κ1) is 19.1. The molecule has 0 saturated carbocycles. The second-order valence-corrected chi connectivity index (χ2v) is 6.58. The molecular formula is C21H19N7O2. The summed E-state index contributed by atoms with van der Waals surface area (Å²) in [6.07, 6.45) is 4.60. The Kier molecular flexibility index (Phi) is 5.33. The fraction of sp³-hybridized carbons (Fsp3) is 0.0952. The van der Waals surface area contributed by atoms with Crippen LogP contribution in [0.4, 0.5) is 28.8 Å². The molecule has 9 heteroatoms. The Balaban J connectivity index is 1.41. The predicted molar refractivity (Wildman–Crippen MR) is 113 cm³/mol. The molecule has 0 saturated heterocycles. The number of carbonyl (C=O) groups excluding carboxylic acids is 1. The Morgan fingerprint density at radius 1 is 0.867 bits per heavy atom. The van der Waals surface area contributed by atoms with E-state index in [1.807, 2.05) is 31.2 Å². The summed E-state index contributed by atoms with van der Waals surface area (Å²) in [5.41, 5.74) is 2.97. The number of amides is 1. The van der Waals surface area contributed by atoms with Crippen molar-refractivity contribution in [2.75, 3.05) is 16.0 Å². The van der Waals surface area contributed by atoms with Crippen LogP contribution in [0.25, 0.3) is 0 Å². The Morgan fingerprint density at radius 3 is 2.27 bits per heavy atom. The number of aryl methyl sites for hydroxylation is 2. The molecule has 4 rings (SSSR count). The Morgan fingerprint density at radius 2 is 1.57 bits per heavy atom. The summed E-state index contributed by atoms with van der Waals surface area (Å²) in [6, 6.07) is 12.9. The van der Waals surface area contributed by atoms with Crippen LogP contribution in [-0.2, 0) is 0 Å². The van der Waals surface area contributed by atoms with Gasteiger partial charge in [0.15, 0.2) is 0 Å². The molecule has 0 bridgehead atoms. The lowest BCUT2D eigenvalue weighted by Gasteiger charge is -2.09. The van der Waals surface area contributed by atoms with E-state index in [1.165, 1.54) is 12.5 Å². The third kappa shape index (κ3) is 4.58. The first-order valence-electron chi connectivity index (χ1n) is 9.18. The first-order valence-corrected chi connectivity index (χ1v) is 9.18. The van der Waals surface area contributed by atoms with E-state index < -0.39 is 0 Å². The molecule has 1 aromatic carbocycles. The average Bonchev–Trinajstić information content (AvgIpc) is 3.16. The highest BCUT2D eigenvalue weighted by atomic mass is 16.5. The van der Waals surface area contributed by atoms with Gasteiger partial charge in [-0.05, 0) is 55.8 Å². The monoisotopic (exact) mass is 401 g/mol. The van der Waals surface area contributed by atoms with Crippen molar-refractivity contribution in [2.45, 2.75) is 13.8 Å². The van der Waals surface area contributed by atoms with Crippen LogP contribution >= 0.6 is 0 Å².